The lowest BCUT2D eigenvalue weighted by molar-refractivity contribution is 0.104. The second-order valence-electron chi connectivity index (χ2n) is 5.86. The van der Waals surface area contributed by atoms with Crippen LogP contribution in [0, 0.1) is 5.92 Å². The Hall–Kier alpha value is -2.75. The number of methoxy groups -OCH3 is 1. The molecular formula is C20H22O4. The van der Waals surface area contributed by atoms with Gasteiger partial charge in [-0.15, -0.1) is 0 Å². The molecule has 4 nitrogen and oxygen atoms in total. The Bertz CT molecular complexity index is 715. The molecule has 0 aromatic heterocycles. The first-order valence-electron chi connectivity index (χ1n) is 7.82. The number of phenols is 1. The molecule has 0 aliphatic carbocycles. The lowest BCUT2D eigenvalue weighted by atomic mass is 10.1. The third-order valence-electron chi connectivity index (χ3n) is 3.34. The van der Waals surface area contributed by atoms with Gasteiger partial charge in [-0.05, 0) is 54.0 Å². The molecule has 4 heteroatoms. The summed E-state index contributed by atoms with van der Waals surface area (Å²) in [5.74, 6) is 1.76. The van der Waals surface area contributed by atoms with E-state index in [1.165, 1.54) is 18.2 Å². The summed E-state index contributed by atoms with van der Waals surface area (Å²) in [5, 5.41) is 9.25. The quantitative estimate of drug-likeness (QED) is 0.608. The Morgan fingerprint density at radius 3 is 2.46 bits per heavy atom. The van der Waals surface area contributed by atoms with Gasteiger partial charge in [0.15, 0.2) is 17.3 Å². The van der Waals surface area contributed by atoms with Crippen LogP contribution in [0.2, 0.25) is 0 Å². The van der Waals surface area contributed by atoms with Gasteiger partial charge in [-0.2, -0.15) is 0 Å². The lowest BCUT2D eigenvalue weighted by Crippen LogP contribution is -2.05. The number of carbonyl (C=O) groups is 1. The van der Waals surface area contributed by atoms with Crippen LogP contribution < -0.4 is 9.47 Å². The summed E-state index contributed by atoms with van der Waals surface area (Å²) in [4.78, 5) is 12.1. The molecule has 0 bridgehead atoms. The third-order valence-corrected chi connectivity index (χ3v) is 3.34. The van der Waals surface area contributed by atoms with E-state index in [4.69, 9.17) is 9.47 Å². The summed E-state index contributed by atoms with van der Waals surface area (Å²) >= 11 is 0. The van der Waals surface area contributed by atoms with E-state index in [1.54, 1.807) is 25.3 Å². The van der Waals surface area contributed by atoms with Crippen LogP contribution in [0.4, 0.5) is 0 Å². The molecule has 126 valence electrons. The molecule has 0 aliphatic heterocycles. The van der Waals surface area contributed by atoms with Crippen molar-refractivity contribution in [3.05, 3.63) is 59.7 Å². The predicted octanol–water partition coefficient (Wildman–Crippen LogP) is 4.33. The van der Waals surface area contributed by atoms with Gasteiger partial charge >= 0.3 is 0 Å². The van der Waals surface area contributed by atoms with E-state index < -0.39 is 0 Å². The molecule has 0 saturated heterocycles. The zero-order valence-electron chi connectivity index (χ0n) is 14.2. The van der Waals surface area contributed by atoms with Gasteiger partial charge in [0.05, 0.1) is 13.7 Å². The fourth-order valence-electron chi connectivity index (χ4n) is 2.06. The van der Waals surface area contributed by atoms with E-state index in [1.807, 2.05) is 18.2 Å². The van der Waals surface area contributed by atoms with Crippen molar-refractivity contribution < 1.29 is 19.4 Å². The molecule has 0 fully saturated rings. The molecule has 2 rings (SSSR count). The van der Waals surface area contributed by atoms with Crippen molar-refractivity contribution in [2.75, 3.05) is 13.7 Å². The standard InChI is InChI=1S/C20H22O4/c1-14(2)13-24-19-11-5-15(12-20(19)23-3)4-10-18(22)16-6-8-17(21)9-7-16/h4-12,14,21H,13H2,1-3H3. The van der Waals surface area contributed by atoms with Crippen LogP contribution in [-0.2, 0) is 0 Å². The average molecular weight is 326 g/mol. The van der Waals surface area contributed by atoms with Crippen LogP contribution in [0.25, 0.3) is 6.08 Å². The first-order valence-corrected chi connectivity index (χ1v) is 7.82. The van der Waals surface area contributed by atoms with Gasteiger partial charge in [-0.3, -0.25) is 4.79 Å². The van der Waals surface area contributed by atoms with E-state index in [2.05, 4.69) is 13.8 Å². The molecule has 0 radical (unpaired) electrons. The molecule has 1 N–H and O–H groups in total. The molecule has 0 aliphatic rings. The minimum absolute atomic E-state index is 0.130. The highest BCUT2D eigenvalue weighted by atomic mass is 16.5. The van der Waals surface area contributed by atoms with Gasteiger partial charge in [-0.25, -0.2) is 0 Å². The Kier molecular flexibility index (Phi) is 6.01. The number of allylic oxidation sites excluding steroid dienone is 1. The van der Waals surface area contributed by atoms with Gasteiger partial charge in [0.25, 0.3) is 0 Å². The number of benzene rings is 2. The first-order chi connectivity index (χ1) is 11.5. The van der Waals surface area contributed by atoms with E-state index in [0.29, 0.717) is 29.6 Å². The topological polar surface area (TPSA) is 55.8 Å². The zero-order chi connectivity index (χ0) is 17.5. The van der Waals surface area contributed by atoms with Crippen molar-refractivity contribution >= 4 is 11.9 Å². The van der Waals surface area contributed by atoms with Crippen molar-refractivity contribution in [1.29, 1.82) is 0 Å². The largest absolute Gasteiger partial charge is 0.508 e. The van der Waals surface area contributed by atoms with Crippen molar-refractivity contribution in [3.8, 4) is 17.2 Å². The molecule has 24 heavy (non-hydrogen) atoms. The molecule has 0 heterocycles. The van der Waals surface area contributed by atoms with Crippen molar-refractivity contribution in [1.82, 2.24) is 0 Å². The highest BCUT2D eigenvalue weighted by Crippen LogP contribution is 2.29. The van der Waals surface area contributed by atoms with Crippen LogP contribution >= 0.6 is 0 Å². The van der Waals surface area contributed by atoms with E-state index in [9.17, 15) is 9.90 Å². The van der Waals surface area contributed by atoms with Crippen LogP contribution in [0.5, 0.6) is 17.2 Å². The van der Waals surface area contributed by atoms with Gasteiger partial charge in [0, 0.05) is 5.56 Å². The van der Waals surface area contributed by atoms with Crippen molar-refractivity contribution in [2.45, 2.75) is 13.8 Å². The molecule has 0 saturated carbocycles. The minimum Gasteiger partial charge on any atom is -0.508 e. The molecule has 0 atom stereocenters. The lowest BCUT2D eigenvalue weighted by Gasteiger charge is -2.12. The molecular weight excluding hydrogens is 304 g/mol. The Labute approximate surface area is 142 Å². The Morgan fingerprint density at radius 2 is 1.83 bits per heavy atom. The molecule has 2 aromatic rings. The molecule has 0 amide bonds. The number of hydrogen-bond donors (Lipinski definition) is 1. The maximum Gasteiger partial charge on any atom is 0.185 e. The fourth-order valence-corrected chi connectivity index (χ4v) is 2.06. The SMILES string of the molecule is COc1cc(C=CC(=O)c2ccc(O)cc2)ccc1OCC(C)C. The highest BCUT2D eigenvalue weighted by Gasteiger charge is 2.06. The summed E-state index contributed by atoms with van der Waals surface area (Å²) in [6, 6.07) is 11.7. The number of carbonyl (C=O) groups excluding carboxylic acids is 1. The van der Waals surface area contributed by atoms with Gasteiger partial charge in [0.1, 0.15) is 5.75 Å². The summed E-state index contributed by atoms with van der Waals surface area (Å²) in [7, 11) is 1.59. The zero-order valence-corrected chi connectivity index (χ0v) is 14.2. The maximum atomic E-state index is 12.1. The minimum atomic E-state index is -0.130. The number of phenolic OH excluding ortho intramolecular Hbond substituents is 1. The summed E-state index contributed by atoms with van der Waals surface area (Å²) < 4.78 is 11.1. The smallest absolute Gasteiger partial charge is 0.185 e. The maximum absolute atomic E-state index is 12.1. The van der Waals surface area contributed by atoms with Crippen molar-refractivity contribution in [3.63, 3.8) is 0 Å². The average Bonchev–Trinajstić information content (AvgIpc) is 2.58. The predicted molar refractivity (Wildman–Crippen MR) is 94.8 cm³/mol. The first kappa shape index (κ1) is 17.6. The van der Waals surface area contributed by atoms with Crippen LogP contribution in [0.15, 0.2) is 48.5 Å². The normalized spacial score (nSPS) is 11.0. The highest BCUT2D eigenvalue weighted by molar-refractivity contribution is 6.06. The van der Waals surface area contributed by atoms with Crippen molar-refractivity contribution in [2.24, 2.45) is 5.92 Å². The summed E-state index contributed by atoms with van der Waals surface area (Å²) in [5.41, 5.74) is 1.36. The number of ketones is 1. The molecule has 2 aromatic carbocycles. The van der Waals surface area contributed by atoms with E-state index in [-0.39, 0.29) is 11.5 Å². The van der Waals surface area contributed by atoms with Crippen LogP contribution in [0.1, 0.15) is 29.8 Å². The number of rotatable bonds is 7. The second kappa shape index (κ2) is 8.20. The van der Waals surface area contributed by atoms with Gasteiger partial charge < -0.3 is 14.6 Å². The van der Waals surface area contributed by atoms with Crippen LogP contribution in [0.3, 0.4) is 0 Å². The number of hydrogen-bond acceptors (Lipinski definition) is 4. The van der Waals surface area contributed by atoms with Gasteiger partial charge in [-0.1, -0.05) is 26.0 Å². The monoisotopic (exact) mass is 326 g/mol. The Balaban J connectivity index is 2.11. The summed E-state index contributed by atoms with van der Waals surface area (Å²) in [6.07, 6.45) is 3.22. The van der Waals surface area contributed by atoms with Gasteiger partial charge in [0.2, 0.25) is 0 Å². The van der Waals surface area contributed by atoms with Crippen LogP contribution in [-0.4, -0.2) is 24.6 Å². The fraction of sp³-hybridized carbons (Fsp3) is 0.250. The molecule has 0 spiro atoms. The number of ether oxygens (including phenoxy) is 2. The second-order valence-corrected chi connectivity index (χ2v) is 5.86. The molecule has 0 unspecified atom stereocenters. The van der Waals surface area contributed by atoms with E-state index in [0.717, 1.165) is 5.56 Å². The third kappa shape index (κ3) is 4.88. The van der Waals surface area contributed by atoms with E-state index >= 15 is 0 Å². The Morgan fingerprint density at radius 1 is 1.12 bits per heavy atom. The summed E-state index contributed by atoms with van der Waals surface area (Å²) in [6.45, 7) is 4.78. The number of aromatic hydroxyl groups is 1.